The maximum atomic E-state index is 13.3. The summed E-state index contributed by atoms with van der Waals surface area (Å²) >= 11 is 0. The highest BCUT2D eigenvalue weighted by atomic mass is 19.1. The Labute approximate surface area is 157 Å². The highest BCUT2D eigenvalue weighted by molar-refractivity contribution is 6.06. The predicted octanol–water partition coefficient (Wildman–Crippen LogP) is 3.91. The first-order valence-corrected chi connectivity index (χ1v) is 8.90. The Bertz CT molecular complexity index is 867. The van der Waals surface area contributed by atoms with Gasteiger partial charge in [-0.1, -0.05) is 6.58 Å². The van der Waals surface area contributed by atoms with Gasteiger partial charge >= 0.3 is 0 Å². The molecule has 0 bridgehead atoms. The summed E-state index contributed by atoms with van der Waals surface area (Å²) < 4.78 is 26.3. The number of aromatic nitrogens is 2. The van der Waals surface area contributed by atoms with Crippen LogP contribution in [0.3, 0.4) is 0 Å². The second-order valence-electron chi connectivity index (χ2n) is 6.63. The first-order valence-electron chi connectivity index (χ1n) is 8.90. The standard InChI is InChI=1S/C20H23F2N5/c1-13(26-20(23-3)18-9-17(21)11-24-18)16-5-4-8-27(12-16)14(2)15-6-7-19(22)25-10-15/h6-7,9-11,16,24H,2,4-5,8,12H2,1,3H3/t16-/m0/s1. The van der Waals surface area contributed by atoms with Crippen LogP contribution in [0.2, 0.25) is 0 Å². The molecule has 5 nitrogen and oxygen atoms in total. The van der Waals surface area contributed by atoms with Gasteiger partial charge in [0.05, 0.1) is 5.69 Å². The van der Waals surface area contributed by atoms with Crippen LogP contribution in [0.25, 0.3) is 5.70 Å². The molecule has 27 heavy (non-hydrogen) atoms. The van der Waals surface area contributed by atoms with Gasteiger partial charge in [-0.25, -0.2) is 14.4 Å². The van der Waals surface area contributed by atoms with E-state index in [-0.39, 0.29) is 11.7 Å². The summed E-state index contributed by atoms with van der Waals surface area (Å²) in [5, 5.41) is 0. The highest BCUT2D eigenvalue weighted by Gasteiger charge is 2.24. The van der Waals surface area contributed by atoms with Gasteiger partial charge in [-0.3, -0.25) is 4.99 Å². The molecule has 1 aliphatic rings. The molecular weight excluding hydrogens is 348 g/mol. The van der Waals surface area contributed by atoms with Crippen LogP contribution in [0.5, 0.6) is 0 Å². The average Bonchev–Trinajstić information content (AvgIpc) is 3.12. The van der Waals surface area contributed by atoms with Crippen molar-refractivity contribution in [3.8, 4) is 0 Å². The molecule has 0 unspecified atom stereocenters. The van der Waals surface area contributed by atoms with Crippen molar-refractivity contribution in [1.82, 2.24) is 14.9 Å². The molecule has 1 fully saturated rings. The van der Waals surface area contributed by atoms with E-state index in [4.69, 9.17) is 0 Å². The molecule has 0 radical (unpaired) electrons. The number of halogens is 2. The lowest BCUT2D eigenvalue weighted by Gasteiger charge is -2.35. The molecule has 7 heteroatoms. The fourth-order valence-corrected chi connectivity index (χ4v) is 3.28. The van der Waals surface area contributed by atoms with Crippen LogP contribution < -0.4 is 0 Å². The molecular formula is C20H23F2N5. The van der Waals surface area contributed by atoms with E-state index in [0.29, 0.717) is 11.5 Å². The quantitative estimate of drug-likeness (QED) is 0.503. The van der Waals surface area contributed by atoms with Crippen LogP contribution in [0.1, 0.15) is 31.0 Å². The van der Waals surface area contributed by atoms with Gasteiger partial charge in [0.25, 0.3) is 0 Å². The van der Waals surface area contributed by atoms with Gasteiger partial charge in [-0.15, -0.1) is 0 Å². The van der Waals surface area contributed by atoms with E-state index in [0.717, 1.165) is 42.9 Å². The van der Waals surface area contributed by atoms with Gasteiger partial charge < -0.3 is 9.88 Å². The summed E-state index contributed by atoms with van der Waals surface area (Å²) in [7, 11) is 1.64. The summed E-state index contributed by atoms with van der Waals surface area (Å²) in [4.78, 5) is 17.5. The van der Waals surface area contributed by atoms with Crippen molar-refractivity contribution in [2.24, 2.45) is 15.9 Å². The molecule has 0 amide bonds. The molecule has 2 aromatic heterocycles. The minimum atomic E-state index is -0.502. The minimum Gasteiger partial charge on any atom is -0.371 e. The van der Waals surface area contributed by atoms with Gasteiger partial charge in [0.15, 0.2) is 5.84 Å². The number of aromatic amines is 1. The van der Waals surface area contributed by atoms with Crippen molar-refractivity contribution in [2.45, 2.75) is 19.8 Å². The van der Waals surface area contributed by atoms with Crippen LogP contribution in [0, 0.1) is 17.7 Å². The molecule has 1 aliphatic heterocycles. The number of pyridine rings is 1. The van der Waals surface area contributed by atoms with Crippen LogP contribution >= 0.6 is 0 Å². The van der Waals surface area contributed by atoms with Crippen molar-refractivity contribution >= 4 is 17.2 Å². The number of likely N-dealkylation sites (tertiary alicyclic amines) is 1. The number of amidine groups is 1. The summed E-state index contributed by atoms with van der Waals surface area (Å²) in [6, 6.07) is 4.42. The Kier molecular flexibility index (Phi) is 5.78. The zero-order chi connectivity index (χ0) is 19.4. The molecule has 0 saturated carbocycles. The van der Waals surface area contributed by atoms with Gasteiger partial charge in [0, 0.05) is 61.5 Å². The number of H-pyrrole nitrogens is 1. The van der Waals surface area contributed by atoms with E-state index < -0.39 is 5.95 Å². The Morgan fingerprint density at radius 1 is 1.37 bits per heavy atom. The topological polar surface area (TPSA) is 56.6 Å². The second-order valence-corrected chi connectivity index (χ2v) is 6.63. The number of rotatable bonds is 4. The lowest BCUT2D eigenvalue weighted by Crippen LogP contribution is -2.37. The summed E-state index contributed by atoms with van der Waals surface area (Å²) in [5.41, 5.74) is 3.14. The Balaban J connectivity index is 1.73. The third kappa shape index (κ3) is 4.48. The Morgan fingerprint density at radius 2 is 2.19 bits per heavy atom. The first-order chi connectivity index (χ1) is 13.0. The molecule has 0 aromatic carbocycles. The zero-order valence-corrected chi connectivity index (χ0v) is 15.5. The number of aliphatic imine (C=N–C) groups is 2. The number of hydrogen-bond acceptors (Lipinski definition) is 3. The fourth-order valence-electron chi connectivity index (χ4n) is 3.28. The third-order valence-electron chi connectivity index (χ3n) is 4.84. The van der Waals surface area contributed by atoms with Gasteiger partial charge in [0.2, 0.25) is 5.95 Å². The van der Waals surface area contributed by atoms with Gasteiger partial charge in [0.1, 0.15) is 5.82 Å². The van der Waals surface area contributed by atoms with E-state index >= 15 is 0 Å². The smallest absolute Gasteiger partial charge is 0.212 e. The number of piperidine rings is 1. The molecule has 142 valence electrons. The van der Waals surface area contributed by atoms with E-state index in [1.807, 2.05) is 6.92 Å². The molecule has 3 rings (SSSR count). The second kappa shape index (κ2) is 8.24. The molecule has 1 saturated heterocycles. The van der Waals surface area contributed by atoms with Crippen LogP contribution in [-0.2, 0) is 0 Å². The third-order valence-corrected chi connectivity index (χ3v) is 4.84. The number of nitrogens with one attached hydrogen (secondary N) is 1. The zero-order valence-electron chi connectivity index (χ0n) is 15.5. The lowest BCUT2D eigenvalue weighted by molar-refractivity contribution is 0.290. The monoisotopic (exact) mass is 371 g/mol. The normalized spacial score (nSPS) is 18.7. The minimum absolute atomic E-state index is 0.237. The van der Waals surface area contributed by atoms with Crippen molar-refractivity contribution in [3.63, 3.8) is 0 Å². The maximum absolute atomic E-state index is 13.3. The van der Waals surface area contributed by atoms with E-state index in [2.05, 4.69) is 31.4 Å². The lowest BCUT2D eigenvalue weighted by atomic mass is 9.93. The Hall–Kier alpha value is -2.83. The van der Waals surface area contributed by atoms with Crippen molar-refractivity contribution in [2.75, 3.05) is 20.1 Å². The van der Waals surface area contributed by atoms with Crippen molar-refractivity contribution in [3.05, 3.63) is 60.2 Å². The number of nitrogens with zero attached hydrogens (tertiary/aromatic N) is 4. The first kappa shape index (κ1) is 18.9. The average molecular weight is 371 g/mol. The molecule has 3 heterocycles. The van der Waals surface area contributed by atoms with E-state index in [1.165, 1.54) is 24.5 Å². The summed E-state index contributed by atoms with van der Waals surface area (Å²) in [6.45, 7) is 7.78. The SMILES string of the molecule is C=C(c1ccc(F)nc1)N1CCC[C@H](C(C)=NC(=NC)c2cc(F)c[nH]2)C1. The molecule has 2 aromatic rings. The molecule has 0 aliphatic carbocycles. The molecule has 1 N–H and O–H groups in total. The Morgan fingerprint density at radius 3 is 2.81 bits per heavy atom. The summed E-state index contributed by atoms with van der Waals surface area (Å²) in [6.07, 6.45) is 4.80. The largest absolute Gasteiger partial charge is 0.371 e. The van der Waals surface area contributed by atoms with E-state index in [1.54, 1.807) is 13.1 Å². The van der Waals surface area contributed by atoms with Crippen LogP contribution in [0.4, 0.5) is 8.78 Å². The van der Waals surface area contributed by atoms with Crippen molar-refractivity contribution in [1.29, 1.82) is 0 Å². The number of hydrogen-bond donors (Lipinski definition) is 1. The maximum Gasteiger partial charge on any atom is 0.212 e. The molecule has 1 atom stereocenters. The van der Waals surface area contributed by atoms with E-state index in [9.17, 15) is 8.78 Å². The van der Waals surface area contributed by atoms with Crippen LogP contribution in [-0.4, -0.2) is 46.6 Å². The molecule has 0 spiro atoms. The van der Waals surface area contributed by atoms with Crippen LogP contribution in [0.15, 0.2) is 47.2 Å². The van der Waals surface area contributed by atoms with Crippen molar-refractivity contribution < 1.29 is 8.78 Å². The van der Waals surface area contributed by atoms with Gasteiger partial charge in [-0.05, 0) is 31.9 Å². The predicted molar refractivity (Wildman–Crippen MR) is 104 cm³/mol. The highest BCUT2D eigenvalue weighted by Crippen LogP contribution is 2.25. The van der Waals surface area contributed by atoms with Gasteiger partial charge in [-0.2, -0.15) is 4.39 Å². The summed E-state index contributed by atoms with van der Waals surface area (Å²) in [5.74, 6) is -0.124. The fraction of sp³-hybridized carbons (Fsp3) is 0.350.